The van der Waals surface area contributed by atoms with Crippen molar-refractivity contribution >= 4 is 35.2 Å². The Hall–Kier alpha value is -2.63. The molecule has 22 heavy (non-hydrogen) atoms. The summed E-state index contributed by atoms with van der Waals surface area (Å²) in [6, 6.07) is 16.5. The van der Waals surface area contributed by atoms with Gasteiger partial charge in [-0.2, -0.15) is 0 Å². The number of halogens is 1. The van der Waals surface area contributed by atoms with Gasteiger partial charge in [-0.25, -0.2) is 15.8 Å². The molecule has 0 saturated carbocycles. The SMILES string of the molecule is NN1C(=O)/C(=C/c2ccccc2)N=C1Nc1ccc(Cl)cc1. The van der Waals surface area contributed by atoms with Crippen molar-refractivity contribution in [2.75, 3.05) is 5.32 Å². The van der Waals surface area contributed by atoms with Crippen LogP contribution in [0.1, 0.15) is 5.56 Å². The number of benzene rings is 2. The van der Waals surface area contributed by atoms with Gasteiger partial charge < -0.3 is 5.32 Å². The zero-order valence-electron chi connectivity index (χ0n) is 11.5. The molecule has 6 heteroatoms. The van der Waals surface area contributed by atoms with Crippen molar-refractivity contribution in [1.29, 1.82) is 0 Å². The molecule has 1 aliphatic rings. The average molecular weight is 313 g/mol. The van der Waals surface area contributed by atoms with Crippen LogP contribution in [0, 0.1) is 0 Å². The summed E-state index contributed by atoms with van der Waals surface area (Å²) in [7, 11) is 0. The van der Waals surface area contributed by atoms with E-state index in [1.54, 1.807) is 30.3 Å². The standard InChI is InChI=1S/C16H13ClN4O/c17-12-6-8-13(9-7-12)19-16-20-14(15(22)21(16)18)10-11-4-2-1-3-5-11/h1-10H,18H2,(H,19,20)/b14-10-. The first-order chi connectivity index (χ1) is 10.6. The zero-order valence-corrected chi connectivity index (χ0v) is 12.3. The Morgan fingerprint density at radius 1 is 1.09 bits per heavy atom. The predicted molar refractivity (Wildman–Crippen MR) is 88.0 cm³/mol. The van der Waals surface area contributed by atoms with Crippen molar-refractivity contribution in [2.24, 2.45) is 10.8 Å². The fourth-order valence-corrected chi connectivity index (χ4v) is 2.11. The number of hydrogen-bond donors (Lipinski definition) is 2. The van der Waals surface area contributed by atoms with Crippen LogP contribution in [0.3, 0.4) is 0 Å². The number of hydrogen-bond acceptors (Lipinski definition) is 4. The third-order valence-corrected chi connectivity index (χ3v) is 3.35. The number of aliphatic imine (C=N–C) groups is 1. The summed E-state index contributed by atoms with van der Waals surface area (Å²) in [5.41, 5.74) is 1.91. The number of nitrogens with one attached hydrogen (secondary N) is 1. The topological polar surface area (TPSA) is 70.7 Å². The Kier molecular flexibility index (Phi) is 3.91. The van der Waals surface area contributed by atoms with Crippen molar-refractivity contribution in [3.63, 3.8) is 0 Å². The van der Waals surface area contributed by atoms with Gasteiger partial charge in [-0.1, -0.05) is 41.9 Å². The molecule has 0 bridgehead atoms. The molecule has 5 nitrogen and oxygen atoms in total. The fraction of sp³-hybridized carbons (Fsp3) is 0. The minimum absolute atomic E-state index is 0.273. The van der Waals surface area contributed by atoms with Crippen LogP contribution >= 0.6 is 11.6 Å². The van der Waals surface area contributed by atoms with Gasteiger partial charge in [-0.3, -0.25) is 4.79 Å². The van der Waals surface area contributed by atoms with E-state index < -0.39 is 0 Å². The Bertz CT molecular complexity index is 753. The number of amides is 1. The molecule has 0 saturated heterocycles. The number of hydrazine groups is 1. The third-order valence-electron chi connectivity index (χ3n) is 3.10. The Morgan fingerprint density at radius 2 is 1.77 bits per heavy atom. The molecular formula is C16H13ClN4O. The molecule has 1 heterocycles. The van der Waals surface area contributed by atoms with Gasteiger partial charge in [-0.05, 0) is 35.9 Å². The van der Waals surface area contributed by atoms with E-state index in [1.165, 1.54) is 0 Å². The minimum Gasteiger partial charge on any atom is -0.324 e. The maximum Gasteiger partial charge on any atom is 0.293 e. The number of carbonyl (C=O) groups excluding carboxylic acids is 1. The predicted octanol–water partition coefficient (Wildman–Crippen LogP) is 2.86. The molecule has 1 amide bonds. The molecule has 0 atom stereocenters. The van der Waals surface area contributed by atoms with Crippen molar-refractivity contribution in [2.45, 2.75) is 0 Å². The summed E-state index contributed by atoms with van der Waals surface area (Å²) in [5.74, 6) is 5.68. The van der Waals surface area contributed by atoms with Gasteiger partial charge in [0.2, 0.25) is 5.96 Å². The normalized spacial score (nSPS) is 16.1. The van der Waals surface area contributed by atoms with Crippen molar-refractivity contribution in [1.82, 2.24) is 5.01 Å². The molecule has 0 fully saturated rings. The van der Waals surface area contributed by atoms with Crippen LogP contribution in [0.2, 0.25) is 5.02 Å². The van der Waals surface area contributed by atoms with E-state index in [-0.39, 0.29) is 17.6 Å². The van der Waals surface area contributed by atoms with Gasteiger partial charge in [0.05, 0.1) is 0 Å². The highest BCUT2D eigenvalue weighted by Gasteiger charge is 2.27. The molecule has 2 aromatic rings. The van der Waals surface area contributed by atoms with Crippen molar-refractivity contribution in [3.8, 4) is 0 Å². The molecular weight excluding hydrogens is 300 g/mol. The molecule has 3 rings (SSSR count). The average Bonchev–Trinajstić information content (AvgIpc) is 2.79. The van der Waals surface area contributed by atoms with Crippen LogP contribution in [0.4, 0.5) is 5.69 Å². The number of anilines is 1. The minimum atomic E-state index is -0.361. The zero-order chi connectivity index (χ0) is 15.5. The molecule has 1 aliphatic heterocycles. The van der Waals surface area contributed by atoms with Crippen LogP contribution in [-0.4, -0.2) is 16.9 Å². The lowest BCUT2D eigenvalue weighted by Gasteiger charge is -2.12. The number of rotatable bonds is 2. The molecule has 0 radical (unpaired) electrons. The van der Waals surface area contributed by atoms with Crippen LogP contribution < -0.4 is 11.2 Å². The smallest absolute Gasteiger partial charge is 0.293 e. The number of carbonyl (C=O) groups is 1. The third kappa shape index (κ3) is 3.00. The molecule has 3 N–H and O–H groups in total. The number of guanidine groups is 1. The summed E-state index contributed by atoms with van der Waals surface area (Å²) in [4.78, 5) is 16.4. The Labute approximate surface area is 132 Å². The quantitative estimate of drug-likeness (QED) is 0.509. The lowest BCUT2D eigenvalue weighted by Crippen LogP contribution is -2.42. The summed E-state index contributed by atoms with van der Waals surface area (Å²) in [6.07, 6.45) is 1.69. The highest BCUT2D eigenvalue weighted by Crippen LogP contribution is 2.19. The van der Waals surface area contributed by atoms with Gasteiger partial charge in [0.1, 0.15) is 5.70 Å². The van der Waals surface area contributed by atoms with Crippen molar-refractivity contribution < 1.29 is 4.79 Å². The van der Waals surface area contributed by atoms with Crippen molar-refractivity contribution in [3.05, 3.63) is 70.9 Å². The second kappa shape index (κ2) is 6.01. The van der Waals surface area contributed by atoms with E-state index in [0.29, 0.717) is 5.02 Å². The van der Waals surface area contributed by atoms with Gasteiger partial charge in [0.25, 0.3) is 5.91 Å². The molecule has 2 aromatic carbocycles. The summed E-state index contributed by atoms with van der Waals surface area (Å²) in [6.45, 7) is 0. The molecule has 0 aliphatic carbocycles. The van der Waals surface area contributed by atoms with E-state index in [9.17, 15) is 4.79 Å². The lowest BCUT2D eigenvalue weighted by atomic mass is 10.2. The molecule has 0 aromatic heterocycles. The van der Waals surface area contributed by atoms with E-state index >= 15 is 0 Å². The van der Waals surface area contributed by atoms with E-state index in [0.717, 1.165) is 16.3 Å². The van der Waals surface area contributed by atoms with E-state index in [4.69, 9.17) is 17.4 Å². The summed E-state index contributed by atoms with van der Waals surface area (Å²) < 4.78 is 0. The largest absolute Gasteiger partial charge is 0.324 e. The number of nitrogens with zero attached hydrogens (tertiary/aromatic N) is 2. The fourth-order valence-electron chi connectivity index (χ4n) is 1.99. The summed E-state index contributed by atoms with van der Waals surface area (Å²) >= 11 is 5.84. The highest BCUT2D eigenvalue weighted by molar-refractivity contribution is 6.30. The monoisotopic (exact) mass is 312 g/mol. The second-order valence-corrected chi connectivity index (χ2v) is 5.12. The number of nitrogens with two attached hydrogens (primary N) is 1. The molecule has 0 unspecified atom stereocenters. The van der Waals surface area contributed by atoms with Gasteiger partial charge in [0.15, 0.2) is 0 Å². The van der Waals surface area contributed by atoms with Gasteiger partial charge >= 0.3 is 0 Å². The first-order valence-corrected chi connectivity index (χ1v) is 6.98. The Balaban J connectivity index is 1.85. The highest BCUT2D eigenvalue weighted by atomic mass is 35.5. The van der Waals surface area contributed by atoms with Crippen LogP contribution in [0.25, 0.3) is 6.08 Å². The van der Waals surface area contributed by atoms with Crippen LogP contribution in [0.15, 0.2) is 65.3 Å². The van der Waals surface area contributed by atoms with E-state index in [2.05, 4.69) is 10.3 Å². The maximum absolute atomic E-state index is 12.1. The van der Waals surface area contributed by atoms with E-state index in [1.807, 2.05) is 30.3 Å². The van der Waals surface area contributed by atoms with Crippen LogP contribution in [-0.2, 0) is 4.79 Å². The first kappa shape index (κ1) is 14.3. The Morgan fingerprint density at radius 3 is 2.45 bits per heavy atom. The second-order valence-electron chi connectivity index (χ2n) is 4.68. The first-order valence-electron chi connectivity index (χ1n) is 6.61. The maximum atomic E-state index is 12.1. The van der Waals surface area contributed by atoms with Gasteiger partial charge in [-0.15, -0.1) is 0 Å². The van der Waals surface area contributed by atoms with Gasteiger partial charge in [0, 0.05) is 10.7 Å². The summed E-state index contributed by atoms with van der Waals surface area (Å²) in [5, 5.41) is 4.61. The molecule has 0 spiro atoms. The van der Waals surface area contributed by atoms with Crippen LogP contribution in [0.5, 0.6) is 0 Å². The lowest BCUT2D eigenvalue weighted by molar-refractivity contribution is -0.122. The molecule has 110 valence electrons.